The molecule has 0 unspecified atom stereocenters. The number of likely N-dealkylation sites (N-methyl/N-ethyl adjacent to an activating group) is 2. The van der Waals surface area contributed by atoms with E-state index in [1.54, 1.807) is 0 Å². The van der Waals surface area contributed by atoms with Crippen molar-refractivity contribution in [2.45, 2.75) is 6.42 Å². The van der Waals surface area contributed by atoms with Crippen molar-refractivity contribution >= 4 is 0 Å². The molecule has 15 heavy (non-hydrogen) atoms. The highest BCUT2D eigenvalue weighted by Gasteiger charge is 2.12. The molecule has 0 aromatic heterocycles. The molecular formula is C11H26N4. The zero-order chi connectivity index (χ0) is 10.9. The number of nitrogens with one attached hydrogen (secondary N) is 2. The third-order valence-corrected chi connectivity index (χ3v) is 2.98. The summed E-state index contributed by atoms with van der Waals surface area (Å²) in [5, 5.41) is 6.57. The molecular weight excluding hydrogens is 188 g/mol. The summed E-state index contributed by atoms with van der Waals surface area (Å²) in [6.45, 7) is 9.49. The second kappa shape index (κ2) is 8.05. The summed E-state index contributed by atoms with van der Waals surface area (Å²) in [5.74, 6) is 0. The van der Waals surface area contributed by atoms with E-state index in [1.165, 1.54) is 39.1 Å². The molecule has 90 valence electrons. The van der Waals surface area contributed by atoms with E-state index in [1.807, 2.05) is 7.05 Å². The standard InChI is InChI=1S/C11H26N4/c1-12-5-6-13-4-3-7-15-10-8-14(2)9-11-15/h12-13H,3-11H2,1-2H3. The van der Waals surface area contributed by atoms with Crippen LogP contribution in [0.3, 0.4) is 0 Å². The SMILES string of the molecule is CNCCNCCCN1CCN(C)CC1. The minimum Gasteiger partial charge on any atom is -0.318 e. The van der Waals surface area contributed by atoms with Gasteiger partial charge in [0.1, 0.15) is 0 Å². The van der Waals surface area contributed by atoms with Crippen LogP contribution in [-0.2, 0) is 0 Å². The molecule has 0 radical (unpaired) electrons. The fourth-order valence-corrected chi connectivity index (χ4v) is 1.84. The zero-order valence-electron chi connectivity index (χ0n) is 10.3. The minimum absolute atomic E-state index is 1.06. The predicted octanol–water partition coefficient (Wildman–Crippen LogP) is -0.567. The molecule has 2 N–H and O–H groups in total. The van der Waals surface area contributed by atoms with Crippen molar-refractivity contribution in [1.82, 2.24) is 20.4 Å². The number of rotatable bonds is 7. The van der Waals surface area contributed by atoms with E-state index in [-0.39, 0.29) is 0 Å². The molecule has 0 aromatic rings. The molecule has 0 amide bonds. The summed E-state index contributed by atoms with van der Waals surface area (Å²) >= 11 is 0. The smallest absolute Gasteiger partial charge is 0.0110 e. The lowest BCUT2D eigenvalue weighted by atomic mass is 10.3. The molecule has 1 rings (SSSR count). The van der Waals surface area contributed by atoms with Crippen LogP contribution in [-0.4, -0.2) is 76.3 Å². The van der Waals surface area contributed by atoms with Crippen molar-refractivity contribution in [3.05, 3.63) is 0 Å². The van der Waals surface area contributed by atoms with Gasteiger partial charge < -0.3 is 20.4 Å². The number of hydrogen-bond donors (Lipinski definition) is 2. The van der Waals surface area contributed by atoms with Crippen LogP contribution < -0.4 is 10.6 Å². The monoisotopic (exact) mass is 214 g/mol. The van der Waals surface area contributed by atoms with Crippen LogP contribution in [0.2, 0.25) is 0 Å². The lowest BCUT2D eigenvalue weighted by molar-refractivity contribution is 0.153. The first kappa shape index (κ1) is 12.9. The van der Waals surface area contributed by atoms with Gasteiger partial charge in [0.05, 0.1) is 0 Å². The molecule has 0 saturated carbocycles. The largest absolute Gasteiger partial charge is 0.318 e. The number of hydrogen-bond acceptors (Lipinski definition) is 4. The first-order valence-corrected chi connectivity index (χ1v) is 6.09. The van der Waals surface area contributed by atoms with E-state index in [2.05, 4.69) is 27.5 Å². The minimum atomic E-state index is 1.06. The Morgan fingerprint density at radius 3 is 2.40 bits per heavy atom. The molecule has 1 heterocycles. The number of nitrogens with zero attached hydrogens (tertiary/aromatic N) is 2. The van der Waals surface area contributed by atoms with Gasteiger partial charge in [-0.2, -0.15) is 0 Å². The fraction of sp³-hybridized carbons (Fsp3) is 1.00. The topological polar surface area (TPSA) is 30.5 Å². The second-order valence-corrected chi connectivity index (χ2v) is 4.35. The van der Waals surface area contributed by atoms with Gasteiger partial charge in [0.2, 0.25) is 0 Å². The molecule has 1 aliphatic rings. The average molecular weight is 214 g/mol. The lowest BCUT2D eigenvalue weighted by Gasteiger charge is -2.32. The molecule has 0 aliphatic carbocycles. The van der Waals surface area contributed by atoms with E-state index in [9.17, 15) is 0 Å². The summed E-state index contributed by atoms with van der Waals surface area (Å²) in [4.78, 5) is 4.97. The highest BCUT2D eigenvalue weighted by atomic mass is 15.2. The number of piperazine rings is 1. The van der Waals surface area contributed by atoms with Crippen LogP contribution in [0.1, 0.15) is 6.42 Å². The third-order valence-electron chi connectivity index (χ3n) is 2.98. The van der Waals surface area contributed by atoms with Crippen LogP contribution in [0.15, 0.2) is 0 Å². The van der Waals surface area contributed by atoms with Crippen LogP contribution in [0.5, 0.6) is 0 Å². The first-order valence-electron chi connectivity index (χ1n) is 6.09. The van der Waals surface area contributed by atoms with Crippen LogP contribution in [0.4, 0.5) is 0 Å². The van der Waals surface area contributed by atoms with E-state index in [0.717, 1.165) is 19.6 Å². The van der Waals surface area contributed by atoms with Gasteiger partial charge in [-0.3, -0.25) is 0 Å². The Hall–Kier alpha value is -0.160. The van der Waals surface area contributed by atoms with Crippen molar-refractivity contribution in [1.29, 1.82) is 0 Å². The maximum Gasteiger partial charge on any atom is 0.0110 e. The predicted molar refractivity (Wildman–Crippen MR) is 65.4 cm³/mol. The van der Waals surface area contributed by atoms with Gasteiger partial charge in [-0.1, -0.05) is 0 Å². The van der Waals surface area contributed by atoms with Crippen molar-refractivity contribution in [2.75, 3.05) is 66.5 Å². The van der Waals surface area contributed by atoms with Crippen molar-refractivity contribution in [3.63, 3.8) is 0 Å². The maximum absolute atomic E-state index is 3.44. The molecule has 1 aliphatic heterocycles. The molecule has 1 fully saturated rings. The quantitative estimate of drug-likeness (QED) is 0.556. The van der Waals surface area contributed by atoms with Crippen LogP contribution in [0.25, 0.3) is 0 Å². The van der Waals surface area contributed by atoms with Crippen molar-refractivity contribution < 1.29 is 0 Å². The van der Waals surface area contributed by atoms with Gasteiger partial charge in [-0.05, 0) is 33.6 Å². The van der Waals surface area contributed by atoms with Crippen molar-refractivity contribution in [3.8, 4) is 0 Å². The summed E-state index contributed by atoms with van der Waals surface area (Å²) < 4.78 is 0. The van der Waals surface area contributed by atoms with Crippen molar-refractivity contribution in [2.24, 2.45) is 0 Å². The van der Waals surface area contributed by atoms with E-state index in [0.29, 0.717) is 0 Å². The Balaban J connectivity index is 1.87. The second-order valence-electron chi connectivity index (χ2n) is 4.35. The average Bonchev–Trinajstić information content (AvgIpc) is 2.26. The van der Waals surface area contributed by atoms with Gasteiger partial charge in [0, 0.05) is 39.3 Å². The molecule has 1 saturated heterocycles. The van der Waals surface area contributed by atoms with Crippen LogP contribution >= 0.6 is 0 Å². The first-order chi connectivity index (χ1) is 7.33. The zero-order valence-corrected chi connectivity index (χ0v) is 10.3. The Kier molecular flexibility index (Phi) is 6.92. The highest BCUT2D eigenvalue weighted by Crippen LogP contribution is 1.99. The Morgan fingerprint density at radius 1 is 1.00 bits per heavy atom. The summed E-state index contributed by atoms with van der Waals surface area (Å²) in [6.07, 6.45) is 1.27. The fourth-order valence-electron chi connectivity index (χ4n) is 1.84. The summed E-state index contributed by atoms with van der Waals surface area (Å²) in [6, 6.07) is 0. The molecule has 0 bridgehead atoms. The molecule has 0 spiro atoms. The Morgan fingerprint density at radius 2 is 1.73 bits per heavy atom. The normalized spacial score (nSPS) is 19.6. The van der Waals surface area contributed by atoms with E-state index >= 15 is 0 Å². The Bertz CT molecular complexity index is 144. The van der Waals surface area contributed by atoms with Gasteiger partial charge in [0.15, 0.2) is 0 Å². The molecule has 4 nitrogen and oxygen atoms in total. The van der Waals surface area contributed by atoms with Gasteiger partial charge >= 0.3 is 0 Å². The van der Waals surface area contributed by atoms with Crippen LogP contribution in [0, 0.1) is 0 Å². The van der Waals surface area contributed by atoms with Gasteiger partial charge in [0.25, 0.3) is 0 Å². The summed E-state index contributed by atoms with van der Waals surface area (Å²) in [7, 11) is 4.20. The molecule has 4 heteroatoms. The van der Waals surface area contributed by atoms with Gasteiger partial charge in [-0.15, -0.1) is 0 Å². The molecule has 0 atom stereocenters. The Labute approximate surface area is 94.0 Å². The van der Waals surface area contributed by atoms with E-state index < -0.39 is 0 Å². The summed E-state index contributed by atoms with van der Waals surface area (Å²) in [5.41, 5.74) is 0. The van der Waals surface area contributed by atoms with E-state index in [4.69, 9.17) is 0 Å². The lowest BCUT2D eigenvalue weighted by Crippen LogP contribution is -2.45. The highest BCUT2D eigenvalue weighted by molar-refractivity contribution is 4.69. The van der Waals surface area contributed by atoms with Gasteiger partial charge in [-0.25, -0.2) is 0 Å². The third kappa shape index (κ3) is 6.10. The maximum atomic E-state index is 3.44. The molecule has 0 aromatic carbocycles.